The van der Waals surface area contributed by atoms with Crippen LogP contribution in [0.3, 0.4) is 0 Å². The fourth-order valence-electron chi connectivity index (χ4n) is 5.85. The maximum atomic E-state index is 15.6. The van der Waals surface area contributed by atoms with E-state index in [1.807, 2.05) is 17.7 Å². The third kappa shape index (κ3) is 5.44. The van der Waals surface area contributed by atoms with Crippen molar-refractivity contribution in [2.45, 2.75) is 59.9 Å². The van der Waals surface area contributed by atoms with Crippen LogP contribution in [0.15, 0.2) is 36.8 Å². The number of halogens is 1. The lowest BCUT2D eigenvalue weighted by atomic mass is 9.78. The summed E-state index contributed by atoms with van der Waals surface area (Å²) in [6.45, 7) is 9.00. The molecule has 3 aromatic heterocycles. The number of hydrogen-bond donors (Lipinski definition) is 4. The summed E-state index contributed by atoms with van der Waals surface area (Å²) >= 11 is 0. The first kappa shape index (κ1) is 26.6. The van der Waals surface area contributed by atoms with Crippen molar-refractivity contribution < 1.29 is 13.9 Å². The van der Waals surface area contributed by atoms with Gasteiger partial charge in [-0.3, -0.25) is 9.78 Å². The van der Waals surface area contributed by atoms with Crippen molar-refractivity contribution in [1.29, 1.82) is 0 Å². The van der Waals surface area contributed by atoms with Crippen molar-refractivity contribution in [1.82, 2.24) is 15.1 Å². The second-order valence-corrected chi connectivity index (χ2v) is 11.7. The molecular formula is C30H37FN7O+. The minimum Gasteiger partial charge on any atom is -0.397 e. The topological polar surface area (TPSA) is 113 Å². The van der Waals surface area contributed by atoms with E-state index in [-0.39, 0.29) is 17.0 Å². The molecular weight excluding hydrogens is 493 g/mol. The molecule has 8 nitrogen and oxygen atoms in total. The summed E-state index contributed by atoms with van der Waals surface area (Å²) in [6.07, 6.45) is 8.30. The number of aromatic amines is 1. The van der Waals surface area contributed by atoms with E-state index >= 15 is 4.39 Å². The minimum atomic E-state index is -0.378. The molecule has 9 heteroatoms. The van der Waals surface area contributed by atoms with Crippen molar-refractivity contribution in [2.75, 3.05) is 23.4 Å². The fourth-order valence-corrected chi connectivity index (χ4v) is 5.85. The third-order valence-corrected chi connectivity index (χ3v) is 7.74. The van der Waals surface area contributed by atoms with Crippen molar-refractivity contribution in [3.05, 3.63) is 53.9 Å². The van der Waals surface area contributed by atoms with E-state index in [1.165, 1.54) is 0 Å². The van der Waals surface area contributed by atoms with Crippen LogP contribution in [0.2, 0.25) is 0 Å². The molecule has 0 radical (unpaired) electrons. The minimum absolute atomic E-state index is 0.111. The zero-order valence-electron chi connectivity index (χ0n) is 23.3. The van der Waals surface area contributed by atoms with Gasteiger partial charge in [-0.05, 0) is 54.2 Å². The van der Waals surface area contributed by atoms with Crippen molar-refractivity contribution in [3.63, 3.8) is 0 Å². The number of nitrogen functional groups attached to an aromatic ring is 1. The molecule has 4 aromatic rings. The van der Waals surface area contributed by atoms with Crippen LogP contribution in [-0.4, -0.2) is 27.9 Å². The summed E-state index contributed by atoms with van der Waals surface area (Å²) in [4.78, 5) is 21.4. The van der Waals surface area contributed by atoms with Crippen LogP contribution in [0.25, 0.3) is 21.9 Å². The van der Waals surface area contributed by atoms with Crippen LogP contribution in [0.4, 0.5) is 27.4 Å². The maximum absolute atomic E-state index is 15.6. The van der Waals surface area contributed by atoms with Crippen LogP contribution in [0.5, 0.6) is 0 Å². The van der Waals surface area contributed by atoms with E-state index in [9.17, 15) is 4.79 Å². The predicted molar refractivity (Wildman–Crippen MR) is 153 cm³/mol. The zero-order valence-corrected chi connectivity index (χ0v) is 23.3. The number of Topliss-reactive ketones (excluding diaryl/α,β-unsaturated/α-hetero) is 1. The van der Waals surface area contributed by atoms with Gasteiger partial charge in [0.2, 0.25) is 12.2 Å². The van der Waals surface area contributed by atoms with Gasteiger partial charge in [-0.2, -0.15) is 0 Å². The highest BCUT2D eigenvalue weighted by Gasteiger charge is 2.31. The van der Waals surface area contributed by atoms with E-state index in [4.69, 9.17) is 5.73 Å². The van der Waals surface area contributed by atoms with Crippen LogP contribution in [0.1, 0.15) is 51.3 Å². The molecule has 1 unspecified atom stereocenters. The standard InChI is InChI=1S/C30H36FN7O/c1-17-6-7-21(39)16-38-20(12-30(3,4)11-17)10-27(37-38)36-26-9-19-8-22(23-13-34-15-25(32)18(23)2)28(31)29(33-5)24(19)14-35-26/h8-10,13-15,17H,6-7,11-12,16,32H2,1-5H3,(H2,33,35,36,37)/p+1. The number of carbonyl (C=O) groups excluding carboxylic acids is 1. The van der Waals surface area contributed by atoms with Gasteiger partial charge in [0.25, 0.3) is 0 Å². The average molecular weight is 531 g/mol. The molecule has 5 N–H and O–H groups in total. The molecule has 0 fully saturated rings. The summed E-state index contributed by atoms with van der Waals surface area (Å²) in [5, 5.41) is 11.2. The molecule has 1 atom stereocenters. The number of H-pyrrole nitrogens is 1. The molecule has 0 saturated carbocycles. The monoisotopic (exact) mass is 530 g/mol. The number of nitrogens with two attached hydrogens (primary N) is 1. The molecule has 0 spiro atoms. The van der Waals surface area contributed by atoms with Crippen LogP contribution in [-0.2, 0) is 17.8 Å². The molecule has 0 amide bonds. The largest absolute Gasteiger partial charge is 0.397 e. The molecule has 0 aliphatic carbocycles. The lowest BCUT2D eigenvalue weighted by molar-refractivity contribution is -0.744. The van der Waals surface area contributed by atoms with Crippen molar-refractivity contribution in [3.8, 4) is 11.1 Å². The molecule has 0 saturated heterocycles. The number of hydrogen-bond acceptors (Lipinski definition) is 6. The Morgan fingerprint density at radius 3 is 2.74 bits per heavy atom. The Balaban J connectivity index is 1.52. The summed E-state index contributed by atoms with van der Waals surface area (Å²) in [5.74, 6) is 1.72. The Hall–Kier alpha value is -4.01. The Bertz CT molecular complexity index is 1560. The smallest absolute Gasteiger partial charge is 0.230 e. The molecule has 1 aromatic carbocycles. The van der Waals surface area contributed by atoms with E-state index in [0.717, 1.165) is 41.7 Å². The average Bonchev–Trinajstić information content (AvgIpc) is 3.23. The molecule has 0 bridgehead atoms. The van der Waals surface area contributed by atoms with Crippen molar-refractivity contribution >= 4 is 39.6 Å². The van der Waals surface area contributed by atoms with Gasteiger partial charge in [0.15, 0.2) is 17.4 Å². The number of nitrogens with one attached hydrogen (secondary N) is 3. The number of aromatic nitrogens is 4. The van der Waals surface area contributed by atoms with E-state index in [0.29, 0.717) is 52.6 Å². The summed E-state index contributed by atoms with van der Waals surface area (Å²) in [5.41, 5.74) is 9.97. The molecule has 204 valence electrons. The lowest BCUT2D eigenvalue weighted by Gasteiger charge is -2.27. The van der Waals surface area contributed by atoms with Gasteiger partial charge in [0.1, 0.15) is 5.82 Å². The first-order chi connectivity index (χ1) is 18.5. The number of carbonyl (C=O) groups is 1. The van der Waals surface area contributed by atoms with Crippen LogP contribution < -0.4 is 21.0 Å². The van der Waals surface area contributed by atoms with Gasteiger partial charge >= 0.3 is 0 Å². The highest BCUT2D eigenvalue weighted by Crippen LogP contribution is 2.38. The van der Waals surface area contributed by atoms with E-state index in [1.54, 1.807) is 31.7 Å². The predicted octanol–water partition coefficient (Wildman–Crippen LogP) is 5.69. The normalized spacial score (nSPS) is 17.6. The number of rotatable bonds is 4. The van der Waals surface area contributed by atoms with Crippen LogP contribution in [0, 0.1) is 24.1 Å². The Labute approximate surface area is 228 Å². The Morgan fingerprint density at radius 1 is 1.18 bits per heavy atom. The van der Waals surface area contributed by atoms with Gasteiger partial charge < -0.3 is 16.4 Å². The number of anilines is 4. The van der Waals surface area contributed by atoms with Gasteiger partial charge in [-0.1, -0.05) is 20.8 Å². The van der Waals surface area contributed by atoms with Crippen molar-refractivity contribution in [2.24, 2.45) is 11.3 Å². The first-order valence-electron chi connectivity index (χ1n) is 13.5. The number of ketones is 1. The summed E-state index contributed by atoms with van der Waals surface area (Å²) < 4.78 is 17.6. The van der Waals surface area contributed by atoms with E-state index in [2.05, 4.69) is 52.5 Å². The zero-order chi connectivity index (χ0) is 27.9. The van der Waals surface area contributed by atoms with Gasteiger partial charge in [0.05, 0.1) is 23.6 Å². The fraction of sp³-hybridized carbons (Fsp3) is 0.400. The first-order valence-corrected chi connectivity index (χ1v) is 13.5. The molecule has 5 rings (SSSR count). The van der Waals surface area contributed by atoms with E-state index < -0.39 is 0 Å². The van der Waals surface area contributed by atoms with Gasteiger partial charge in [-0.25, -0.2) is 9.37 Å². The number of nitrogens with zero attached hydrogens (tertiary/aromatic N) is 3. The van der Waals surface area contributed by atoms with Gasteiger partial charge in [0, 0.05) is 48.8 Å². The Morgan fingerprint density at radius 2 is 1.97 bits per heavy atom. The SMILES string of the molecule is CNc1c(F)c(-c2cncc(N)c2C)cc2cc(Nc3cc4[n+]([nH]3)CC(=O)CCC(C)CC(C)(C)C4)ncc12. The highest BCUT2D eigenvalue weighted by atomic mass is 19.1. The number of fused-ring (bicyclic) bond motifs is 2. The quantitative estimate of drug-likeness (QED) is 0.252. The van der Waals surface area contributed by atoms with Crippen LogP contribution >= 0.6 is 0 Å². The summed E-state index contributed by atoms with van der Waals surface area (Å²) in [6, 6.07) is 5.76. The number of pyridine rings is 2. The molecule has 39 heavy (non-hydrogen) atoms. The molecule has 1 aliphatic heterocycles. The highest BCUT2D eigenvalue weighted by molar-refractivity contribution is 5.99. The Kier molecular flexibility index (Phi) is 7.01. The lowest BCUT2D eigenvalue weighted by Crippen LogP contribution is -2.45. The second-order valence-electron chi connectivity index (χ2n) is 11.7. The molecule has 4 heterocycles. The second kappa shape index (κ2) is 10.3. The molecule has 1 aliphatic rings. The third-order valence-electron chi connectivity index (χ3n) is 7.74. The number of benzene rings is 1. The van der Waals surface area contributed by atoms with Gasteiger partial charge in [-0.15, -0.1) is 9.78 Å². The summed E-state index contributed by atoms with van der Waals surface area (Å²) in [7, 11) is 1.69. The maximum Gasteiger partial charge on any atom is 0.230 e.